The van der Waals surface area contributed by atoms with Crippen LogP contribution in [0.1, 0.15) is 30.0 Å². The van der Waals surface area contributed by atoms with E-state index < -0.39 is 5.92 Å². The fraction of sp³-hybridized carbons (Fsp3) is 0.412. The number of esters is 1. The fourth-order valence-corrected chi connectivity index (χ4v) is 3.29. The molecule has 0 aliphatic carbocycles. The first kappa shape index (κ1) is 17.4. The standard InChI is InChI=1S/C17H19ClN4O3/c1-21-9-12(8-20-21)15-13(5-6-14(23)22(15)2)17(24)25-10-11-4-3-7-19-16(11)18/h3-4,7-9,13,15H,5-6,10H2,1-2H3/t13-,15-/m1/s1. The molecule has 2 aromatic rings. The smallest absolute Gasteiger partial charge is 0.311 e. The van der Waals surface area contributed by atoms with E-state index in [-0.39, 0.29) is 24.5 Å². The maximum absolute atomic E-state index is 12.7. The van der Waals surface area contributed by atoms with E-state index in [4.69, 9.17) is 16.3 Å². The monoisotopic (exact) mass is 362 g/mol. The second-order valence-corrected chi connectivity index (χ2v) is 6.46. The van der Waals surface area contributed by atoms with Crippen molar-refractivity contribution in [3.63, 3.8) is 0 Å². The topological polar surface area (TPSA) is 77.3 Å². The van der Waals surface area contributed by atoms with Crippen LogP contribution in [0.15, 0.2) is 30.7 Å². The molecule has 7 nitrogen and oxygen atoms in total. The molecule has 0 unspecified atom stereocenters. The third kappa shape index (κ3) is 3.66. The Labute approximate surface area is 150 Å². The summed E-state index contributed by atoms with van der Waals surface area (Å²) in [5.41, 5.74) is 1.47. The normalized spacial score (nSPS) is 20.6. The van der Waals surface area contributed by atoms with Gasteiger partial charge >= 0.3 is 5.97 Å². The maximum Gasteiger partial charge on any atom is 0.311 e. The summed E-state index contributed by atoms with van der Waals surface area (Å²) < 4.78 is 7.11. The van der Waals surface area contributed by atoms with Crippen molar-refractivity contribution in [3.05, 3.63) is 47.0 Å². The molecular weight excluding hydrogens is 344 g/mol. The third-order valence-corrected chi connectivity index (χ3v) is 4.78. The van der Waals surface area contributed by atoms with Crippen molar-refractivity contribution >= 4 is 23.5 Å². The largest absolute Gasteiger partial charge is 0.460 e. The Bertz CT molecular complexity index is 792. The van der Waals surface area contributed by atoms with Gasteiger partial charge < -0.3 is 9.64 Å². The second kappa shape index (κ2) is 7.23. The lowest BCUT2D eigenvalue weighted by Gasteiger charge is -2.37. The summed E-state index contributed by atoms with van der Waals surface area (Å²) in [6.45, 7) is 0.0550. The zero-order valence-electron chi connectivity index (χ0n) is 14.1. The molecule has 3 rings (SSSR count). The number of nitrogens with zero attached hydrogens (tertiary/aromatic N) is 4. The second-order valence-electron chi connectivity index (χ2n) is 6.10. The van der Waals surface area contributed by atoms with Crippen molar-refractivity contribution < 1.29 is 14.3 Å². The molecule has 2 atom stereocenters. The summed E-state index contributed by atoms with van der Waals surface area (Å²) >= 11 is 6.00. The van der Waals surface area contributed by atoms with E-state index in [0.29, 0.717) is 23.6 Å². The van der Waals surface area contributed by atoms with Crippen LogP contribution in [0.5, 0.6) is 0 Å². The molecule has 0 aromatic carbocycles. The van der Waals surface area contributed by atoms with E-state index in [9.17, 15) is 9.59 Å². The molecule has 0 radical (unpaired) electrons. The minimum absolute atomic E-state index is 0.00760. The fourth-order valence-electron chi connectivity index (χ4n) is 3.12. The number of pyridine rings is 1. The molecule has 1 amide bonds. The van der Waals surface area contributed by atoms with Crippen molar-refractivity contribution in [2.75, 3.05) is 7.05 Å². The highest BCUT2D eigenvalue weighted by molar-refractivity contribution is 6.30. The molecule has 1 aliphatic heterocycles. The quantitative estimate of drug-likeness (QED) is 0.615. The zero-order chi connectivity index (χ0) is 18.0. The molecule has 8 heteroatoms. The van der Waals surface area contributed by atoms with Crippen LogP contribution in [0.4, 0.5) is 0 Å². The molecule has 1 aliphatic rings. The number of ether oxygens (including phenoxy) is 1. The van der Waals surface area contributed by atoms with E-state index >= 15 is 0 Å². The first-order valence-electron chi connectivity index (χ1n) is 7.97. The predicted molar refractivity (Wildman–Crippen MR) is 90.5 cm³/mol. The Hall–Kier alpha value is -2.41. The first-order chi connectivity index (χ1) is 12.0. The highest BCUT2D eigenvalue weighted by atomic mass is 35.5. The molecule has 2 aromatic heterocycles. The number of hydrogen-bond acceptors (Lipinski definition) is 5. The number of halogens is 1. The maximum atomic E-state index is 12.7. The Morgan fingerprint density at radius 1 is 1.44 bits per heavy atom. The van der Waals surface area contributed by atoms with Gasteiger partial charge in [-0.25, -0.2) is 4.98 Å². The minimum atomic E-state index is -0.442. The number of rotatable bonds is 4. The average molecular weight is 363 g/mol. The van der Waals surface area contributed by atoms with Crippen LogP contribution in [0.2, 0.25) is 5.15 Å². The molecule has 0 saturated carbocycles. The van der Waals surface area contributed by atoms with Gasteiger partial charge in [-0.3, -0.25) is 14.3 Å². The van der Waals surface area contributed by atoms with Crippen LogP contribution < -0.4 is 0 Å². The van der Waals surface area contributed by atoms with Crippen molar-refractivity contribution in [3.8, 4) is 0 Å². The van der Waals surface area contributed by atoms with E-state index in [1.807, 2.05) is 6.20 Å². The number of likely N-dealkylation sites (tertiary alicyclic amines) is 1. The summed E-state index contributed by atoms with van der Waals surface area (Å²) in [4.78, 5) is 30.3. The summed E-state index contributed by atoms with van der Waals surface area (Å²) in [6, 6.07) is 3.12. The lowest BCUT2D eigenvalue weighted by molar-refractivity contribution is -0.157. The summed E-state index contributed by atoms with van der Waals surface area (Å²) in [5.74, 6) is -0.788. The highest BCUT2D eigenvalue weighted by Crippen LogP contribution is 2.36. The van der Waals surface area contributed by atoms with Crippen LogP contribution >= 0.6 is 11.6 Å². The van der Waals surface area contributed by atoms with Crippen LogP contribution in [0.3, 0.4) is 0 Å². The molecule has 1 fully saturated rings. The lowest BCUT2D eigenvalue weighted by Crippen LogP contribution is -2.43. The van der Waals surface area contributed by atoms with Gasteiger partial charge in [-0.15, -0.1) is 0 Å². The molecule has 25 heavy (non-hydrogen) atoms. The Kier molecular flexibility index (Phi) is 5.03. The Balaban J connectivity index is 1.77. The highest BCUT2D eigenvalue weighted by Gasteiger charge is 2.40. The van der Waals surface area contributed by atoms with Crippen molar-refractivity contribution in [1.82, 2.24) is 19.7 Å². The number of piperidine rings is 1. The Morgan fingerprint density at radius 3 is 2.92 bits per heavy atom. The lowest BCUT2D eigenvalue weighted by atomic mass is 9.86. The molecule has 3 heterocycles. The van der Waals surface area contributed by atoms with Gasteiger partial charge in [0.25, 0.3) is 0 Å². The number of hydrogen-bond donors (Lipinski definition) is 0. The van der Waals surface area contributed by atoms with E-state index in [2.05, 4.69) is 10.1 Å². The number of carbonyl (C=O) groups is 2. The van der Waals surface area contributed by atoms with Gasteiger partial charge in [0.15, 0.2) is 0 Å². The number of aryl methyl sites for hydroxylation is 1. The number of aromatic nitrogens is 3. The van der Waals surface area contributed by atoms with E-state index in [1.165, 1.54) is 0 Å². The summed E-state index contributed by atoms with van der Waals surface area (Å²) in [6.07, 6.45) is 5.84. The van der Waals surface area contributed by atoms with Gasteiger partial charge in [-0.1, -0.05) is 17.7 Å². The molecule has 0 spiro atoms. The third-order valence-electron chi connectivity index (χ3n) is 4.44. The Morgan fingerprint density at radius 2 is 2.24 bits per heavy atom. The van der Waals surface area contributed by atoms with Crippen LogP contribution in [0.25, 0.3) is 0 Å². The van der Waals surface area contributed by atoms with Gasteiger partial charge in [0, 0.05) is 44.0 Å². The average Bonchev–Trinajstić information content (AvgIpc) is 3.02. The van der Waals surface area contributed by atoms with Gasteiger partial charge in [0.2, 0.25) is 5.91 Å². The van der Waals surface area contributed by atoms with E-state index in [0.717, 1.165) is 5.56 Å². The van der Waals surface area contributed by atoms with Gasteiger partial charge in [0.05, 0.1) is 18.2 Å². The molecular formula is C17H19ClN4O3. The van der Waals surface area contributed by atoms with Gasteiger partial charge in [-0.05, 0) is 12.5 Å². The van der Waals surface area contributed by atoms with Crippen molar-refractivity contribution in [1.29, 1.82) is 0 Å². The van der Waals surface area contributed by atoms with Crippen molar-refractivity contribution in [2.45, 2.75) is 25.5 Å². The van der Waals surface area contributed by atoms with Gasteiger partial charge in [-0.2, -0.15) is 5.10 Å². The zero-order valence-corrected chi connectivity index (χ0v) is 14.8. The molecule has 0 bridgehead atoms. The molecule has 0 N–H and O–H groups in total. The molecule has 1 saturated heterocycles. The van der Waals surface area contributed by atoms with E-state index in [1.54, 1.807) is 48.2 Å². The summed E-state index contributed by atoms with van der Waals surface area (Å²) in [7, 11) is 3.50. The summed E-state index contributed by atoms with van der Waals surface area (Å²) in [5, 5.41) is 4.47. The van der Waals surface area contributed by atoms with Crippen molar-refractivity contribution in [2.24, 2.45) is 13.0 Å². The SMILES string of the molecule is CN1C(=O)CC[C@@H](C(=O)OCc2cccnc2Cl)[C@H]1c1cnn(C)c1. The van der Waals surface area contributed by atoms with Crippen LogP contribution in [-0.2, 0) is 28.0 Å². The molecule has 132 valence electrons. The first-order valence-corrected chi connectivity index (χ1v) is 8.35. The van der Waals surface area contributed by atoms with Gasteiger partial charge in [0.1, 0.15) is 11.8 Å². The number of carbonyl (C=O) groups excluding carboxylic acids is 2. The predicted octanol–water partition coefficient (Wildman–Crippen LogP) is 2.12. The van der Waals surface area contributed by atoms with Crippen LogP contribution in [0, 0.1) is 5.92 Å². The van der Waals surface area contributed by atoms with Crippen LogP contribution in [-0.4, -0.2) is 38.6 Å². The number of amides is 1. The minimum Gasteiger partial charge on any atom is -0.460 e.